The summed E-state index contributed by atoms with van der Waals surface area (Å²) in [6.07, 6.45) is -4.60. The molecule has 0 saturated heterocycles. The quantitative estimate of drug-likeness (QED) is 0.408. The molecule has 0 atom stereocenters. The van der Waals surface area contributed by atoms with Gasteiger partial charge in [0, 0.05) is 11.8 Å². The summed E-state index contributed by atoms with van der Waals surface area (Å²) in [6.45, 7) is -0.888. The van der Waals surface area contributed by atoms with Crippen molar-refractivity contribution in [1.29, 1.82) is 0 Å². The number of hydrogen-bond donors (Lipinski definition) is 1. The maximum atomic E-state index is 12.7. The Hall–Kier alpha value is -3.83. The van der Waals surface area contributed by atoms with Crippen molar-refractivity contribution in [3.8, 4) is 11.5 Å². The number of carbonyl (C=O) groups is 2. The van der Waals surface area contributed by atoms with E-state index in [1.54, 1.807) is 0 Å². The van der Waals surface area contributed by atoms with Gasteiger partial charge in [0.25, 0.3) is 11.6 Å². The van der Waals surface area contributed by atoms with E-state index in [2.05, 4.69) is 5.32 Å². The van der Waals surface area contributed by atoms with E-state index >= 15 is 0 Å². The van der Waals surface area contributed by atoms with Crippen LogP contribution >= 0.6 is 0 Å². The van der Waals surface area contributed by atoms with Gasteiger partial charge < -0.3 is 19.5 Å². The Morgan fingerprint density at radius 3 is 2.30 bits per heavy atom. The number of nitrogens with zero attached hydrogens (tertiary/aromatic N) is 1. The summed E-state index contributed by atoms with van der Waals surface area (Å²) in [7, 11) is 2.50. The van der Waals surface area contributed by atoms with E-state index < -0.39 is 46.4 Å². The monoisotopic (exact) mass is 428 g/mol. The number of anilines is 1. The van der Waals surface area contributed by atoms with Crippen LogP contribution in [0.15, 0.2) is 36.4 Å². The minimum atomic E-state index is -4.60. The average molecular weight is 428 g/mol. The highest BCUT2D eigenvalue weighted by Crippen LogP contribution is 2.35. The van der Waals surface area contributed by atoms with Crippen molar-refractivity contribution in [3.05, 3.63) is 57.6 Å². The van der Waals surface area contributed by atoms with Crippen LogP contribution in [0.3, 0.4) is 0 Å². The van der Waals surface area contributed by atoms with E-state index in [0.717, 1.165) is 24.3 Å². The van der Waals surface area contributed by atoms with Gasteiger partial charge >= 0.3 is 12.1 Å². The zero-order valence-corrected chi connectivity index (χ0v) is 15.6. The standard InChI is InChI=1S/C18H15F3N2O7/c1-28-14-7-12(13(23(26)27)8-15(14)29-2)17(25)30-9-16(24)22-11-5-3-4-10(6-11)18(19,20)21/h3-8H,9H2,1-2H3,(H,22,24). The van der Waals surface area contributed by atoms with Gasteiger partial charge in [-0.2, -0.15) is 13.2 Å². The molecule has 12 heteroatoms. The second kappa shape index (κ2) is 9.11. The lowest BCUT2D eigenvalue weighted by atomic mass is 10.1. The van der Waals surface area contributed by atoms with Crippen LogP contribution in [0.25, 0.3) is 0 Å². The van der Waals surface area contributed by atoms with Crippen molar-refractivity contribution in [2.75, 3.05) is 26.1 Å². The zero-order valence-electron chi connectivity index (χ0n) is 15.6. The third-order valence-electron chi connectivity index (χ3n) is 3.73. The minimum absolute atomic E-state index is 0.00281. The molecule has 2 rings (SSSR count). The first kappa shape index (κ1) is 22.5. The maximum Gasteiger partial charge on any atom is 0.416 e. The van der Waals surface area contributed by atoms with E-state index in [9.17, 15) is 32.9 Å². The Kier molecular flexibility index (Phi) is 6.82. The first-order valence-corrected chi connectivity index (χ1v) is 8.11. The first-order valence-electron chi connectivity index (χ1n) is 8.11. The van der Waals surface area contributed by atoms with Crippen molar-refractivity contribution in [2.45, 2.75) is 6.18 Å². The Morgan fingerprint density at radius 1 is 1.10 bits per heavy atom. The maximum absolute atomic E-state index is 12.7. The van der Waals surface area contributed by atoms with Gasteiger partial charge in [-0.15, -0.1) is 0 Å². The molecule has 0 saturated carbocycles. The lowest BCUT2D eigenvalue weighted by molar-refractivity contribution is -0.385. The average Bonchev–Trinajstić information content (AvgIpc) is 2.70. The van der Waals surface area contributed by atoms with E-state index in [4.69, 9.17) is 14.2 Å². The van der Waals surface area contributed by atoms with E-state index in [-0.39, 0.29) is 17.2 Å². The molecule has 0 aliphatic heterocycles. The number of nitrogens with one attached hydrogen (secondary N) is 1. The summed E-state index contributed by atoms with van der Waals surface area (Å²) < 4.78 is 52.8. The number of nitro groups is 1. The number of hydrogen-bond acceptors (Lipinski definition) is 7. The number of methoxy groups -OCH3 is 2. The van der Waals surface area contributed by atoms with Gasteiger partial charge in [0.05, 0.1) is 30.8 Å². The summed E-state index contributed by atoms with van der Waals surface area (Å²) in [6, 6.07) is 5.82. The molecule has 1 N–H and O–H groups in total. The van der Waals surface area contributed by atoms with E-state index in [1.165, 1.54) is 20.3 Å². The number of nitro benzene ring substituents is 1. The molecule has 0 fully saturated rings. The van der Waals surface area contributed by atoms with Gasteiger partial charge in [-0.25, -0.2) is 4.79 Å². The Balaban J connectivity index is 2.12. The van der Waals surface area contributed by atoms with Crippen LogP contribution in [0.1, 0.15) is 15.9 Å². The van der Waals surface area contributed by atoms with Crippen LogP contribution in [-0.4, -0.2) is 37.6 Å². The predicted molar refractivity (Wildman–Crippen MR) is 96.6 cm³/mol. The molecule has 30 heavy (non-hydrogen) atoms. The highest BCUT2D eigenvalue weighted by molar-refractivity contribution is 5.98. The molecule has 0 radical (unpaired) electrons. The number of esters is 1. The van der Waals surface area contributed by atoms with Crippen LogP contribution in [0, 0.1) is 10.1 Å². The van der Waals surface area contributed by atoms with Crippen LogP contribution in [0.5, 0.6) is 11.5 Å². The van der Waals surface area contributed by atoms with E-state index in [1.807, 2.05) is 0 Å². The number of benzene rings is 2. The predicted octanol–water partition coefficient (Wildman–Crippen LogP) is 3.43. The molecule has 2 aromatic rings. The first-order chi connectivity index (χ1) is 14.1. The molecule has 0 aromatic heterocycles. The number of ether oxygens (including phenoxy) is 3. The number of carbonyl (C=O) groups excluding carboxylic acids is 2. The third-order valence-corrected chi connectivity index (χ3v) is 3.73. The minimum Gasteiger partial charge on any atom is -0.493 e. The van der Waals surface area contributed by atoms with Gasteiger partial charge in [-0.05, 0) is 18.2 Å². The molecule has 1 amide bonds. The van der Waals surface area contributed by atoms with Gasteiger partial charge in [-0.1, -0.05) is 6.07 Å². The van der Waals surface area contributed by atoms with E-state index in [0.29, 0.717) is 6.07 Å². The molecule has 160 valence electrons. The van der Waals surface area contributed by atoms with Crippen molar-refractivity contribution < 1.29 is 41.9 Å². The Bertz CT molecular complexity index is 977. The topological polar surface area (TPSA) is 117 Å². The van der Waals surface area contributed by atoms with Gasteiger partial charge in [-0.3, -0.25) is 14.9 Å². The second-order valence-corrected chi connectivity index (χ2v) is 5.68. The van der Waals surface area contributed by atoms with Crippen LogP contribution < -0.4 is 14.8 Å². The molecule has 0 heterocycles. The fraction of sp³-hybridized carbons (Fsp3) is 0.222. The molecule has 0 aliphatic rings. The van der Waals surface area contributed by atoms with Crippen molar-refractivity contribution in [3.63, 3.8) is 0 Å². The largest absolute Gasteiger partial charge is 0.493 e. The Labute approximate surface area is 167 Å². The zero-order chi connectivity index (χ0) is 22.5. The summed E-state index contributed by atoms with van der Waals surface area (Å²) in [5.41, 5.74) is -2.28. The number of alkyl halides is 3. The molecule has 0 aliphatic carbocycles. The SMILES string of the molecule is COc1cc(C(=O)OCC(=O)Nc2cccc(C(F)(F)F)c2)c([N+](=O)[O-])cc1OC. The molecular formula is C18H15F3N2O7. The molecule has 0 unspecified atom stereocenters. The van der Waals surface area contributed by atoms with Crippen LogP contribution in [-0.2, 0) is 15.7 Å². The molecule has 9 nitrogen and oxygen atoms in total. The molecular weight excluding hydrogens is 413 g/mol. The lowest BCUT2D eigenvalue weighted by Crippen LogP contribution is -2.21. The second-order valence-electron chi connectivity index (χ2n) is 5.68. The third kappa shape index (κ3) is 5.37. The highest BCUT2D eigenvalue weighted by Gasteiger charge is 2.30. The number of rotatable bonds is 7. The van der Waals surface area contributed by atoms with Crippen molar-refractivity contribution in [1.82, 2.24) is 0 Å². The molecule has 0 bridgehead atoms. The summed E-state index contributed by atoms with van der Waals surface area (Å²) in [5.74, 6) is -2.13. The number of halogens is 3. The fourth-order valence-corrected chi connectivity index (χ4v) is 2.36. The summed E-state index contributed by atoms with van der Waals surface area (Å²) >= 11 is 0. The van der Waals surface area contributed by atoms with Gasteiger partial charge in [0.1, 0.15) is 5.56 Å². The lowest BCUT2D eigenvalue weighted by Gasteiger charge is -2.11. The van der Waals surface area contributed by atoms with Crippen molar-refractivity contribution in [2.24, 2.45) is 0 Å². The molecule has 2 aromatic carbocycles. The summed E-state index contributed by atoms with van der Waals surface area (Å²) in [5, 5.41) is 13.4. The van der Waals surface area contributed by atoms with Crippen LogP contribution in [0.2, 0.25) is 0 Å². The van der Waals surface area contributed by atoms with Crippen molar-refractivity contribution >= 4 is 23.3 Å². The van der Waals surface area contributed by atoms with Gasteiger partial charge in [0.2, 0.25) is 0 Å². The normalized spacial score (nSPS) is 10.8. The Morgan fingerprint density at radius 2 is 1.73 bits per heavy atom. The number of amides is 1. The highest BCUT2D eigenvalue weighted by atomic mass is 19.4. The molecule has 0 spiro atoms. The van der Waals surface area contributed by atoms with Gasteiger partial charge in [0.15, 0.2) is 18.1 Å². The summed E-state index contributed by atoms with van der Waals surface area (Å²) in [4.78, 5) is 34.5. The smallest absolute Gasteiger partial charge is 0.416 e. The fourth-order valence-electron chi connectivity index (χ4n) is 2.36. The van der Waals surface area contributed by atoms with Crippen LogP contribution in [0.4, 0.5) is 24.5 Å².